The van der Waals surface area contributed by atoms with Gasteiger partial charge in [0.25, 0.3) is 0 Å². The van der Waals surface area contributed by atoms with Gasteiger partial charge in [0, 0.05) is 6.61 Å². The zero-order chi connectivity index (χ0) is 7.94. The molecule has 1 atom stereocenters. The Balaban J connectivity index is 1.66. The van der Waals surface area contributed by atoms with E-state index < -0.39 is 0 Å². The van der Waals surface area contributed by atoms with Crippen LogP contribution < -0.4 is 0 Å². The van der Waals surface area contributed by atoms with Crippen molar-refractivity contribution in [3.8, 4) is 0 Å². The molecular weight excluding hydrogens is 140 g/mol. The first-order valence-corrected chi connectivity index (χ1v) is 4.66. The van der Waals surface area contributed by atoms with Gasteiger partial charge < -0.3 is 9.84 Å². The summed E-state index contributed by atoms with van der Waals surface area (Å²) in [5.41, 5.74) is 0. The molecule has 11 heavy (non-hydrogen) atoms. The van der Waals surface area contributed by atoms with E-state index in [0.717, 1.165) is 13.0 Å². The fourth-order valence-electron chi connectivity index (χ4n) is 1.25. The summed E-state index contributed by atoms with van der Waals surface area (Å²) >= 11 is 0. The minimum absolute atomic E-state index is 0.353. The summed E-state index contributed by atoms with van der Waals surface area (Å²) < 4.78 is 5.10. The molecule has 0 saturated carbocycles. The molecule has 0 aromatic carbocycles. The molecule has 66 valence electrons. The van der Waals surface area contributed by atoms with Gasteiger partial charge in [0.2, 0.25) is 0 Å². The van der Waals surface area contributed by atoms with Gasteiger partial charge in [-0.15, -0.1) is 0 Å². The lowest BCUT2D eigenvalue weighted by Crippen LogP contribution is -1.87. The number of hydrogen-bond acceptors (Lipinski definition) is 2. The molecule has 2 heteroatoms. The van der Waals surface area contributed by atoms with E-state index in [2.05, 4.69) is 0 Å². The third kappa shape index (κ3) is 5.22. The van der Waals surface area contributed by atoms with E-state index in [-0.39, 0.29) is 0 Å². The molecule has 1 aliphatic rings. The normalized spacial score (nSPS) is 22.1. The molecule has 1 unspecified atom stereocenters. The zero-order valence-corrected chi connectivity index (χ0v) is 7.09. The van der Waals surface area contributed by atoms with Crippen molar-refractivity contribution in [2.24, 2.45) is 0 Å². The van der Waals surface area contributed by atoms with Crippen molar-refractivity contribution < 1.29 is 9.84 Å². The Morgan fingerprint density at radius 1 is 1.09 bits per heavy atom. The summed E-state index contributed by atoms with van der Waals surface area (Å²) in [6, 6.07) is 0. The maximum Gasteiger partial charge on any atom is 0.0810 e. The van der Waals surface area contributed by atoms with Crippen LogP contribution in [0.2, 0.25) is 0 Å². The van der Waals surface area contributed by atoms with Crippen LogP contribution in [-0.2, 0) is 4.74 Å². The molecule has 1 aliphatic heterocycles. The Kier molecular flexibility index (Phi) is 4.55. The van der Waals surface area contributed by atoms with Crippen LogP contribution in [0.4, 0.5) is 0 Å². The van der Waals surface area contributed by atoms with Crippen LogP contribution in [-0.4, -0.2) is 24.4 Å². The molecular formula is C9H18O2. The zero-order valence-electron chi connectivity index (χ0n) is 7.09. The molecule has 1 fully saturated rings. The molecule has 0 bridgehead atoms. The number of rotatable bonds is 7. The van der Waals surface area contributed by atoms with Gasteiger partial charge in [-0.05, 0) is 12.8 Å². The fourth-order valence-corrected chi connectivity index (χ4v) is 1.25. The standard InChI is InChI=1S/C9H18O2/c10-7-5-3-1-2-4-6-9-8-11-9/h9-10H,1-8H2. The van der Waals surface area contributed by atoms with E-state index in [1.54, 1.807) is 0 Å². The second-order valence-corrected chi connectivity index (χ2v) is 3.24. The first kappa shape index (κ1) is 9.01. The first-order valence-electron chi connectivity index (χ1n) is 4.66. The summed E-state index contributed by atoms with van der Waals surface area (Å²) in [6.07, 6.45) is 7.89. The third-order valence-corrected chi connectivity index (χ3v) is 2.09. The lowest BCUT2D eigenvalue weighted by atomic mass is 10.1. The van der Waals surface area contributed by atoms with Crippen molar-refractivity contribution >= 4 is 0 Å². The Morgan fingerprint density at radius 2 is 1.73 bits per heavy atom. The average molecular weight is 158 g/mol. The molecule has 1 saturated heterocycles. The van der Waals surface area contributed by atoms with Gasteiger partial charge in [0.1, 0.15) is 0 Å². The highest BCUT2D eigenvalue weighted by atomic mass is 16.6. The lowest BCUT2D eigenvalue weighted by Gasteiger charge is -1.97. The fraction of sp³-hybridized carbons (Fsp3) is 1.00. The Morgan fingerprint density at radius 3 is 2.36 bits per heavy atom. The van der Waals surface area contributed by atoms with Crippen LogP contribution in [0.25, 0.3) is 0 Å². The van der Waals surface area contributed by atoms with Gasteiger partial charge in [-0.2, -0.15) is 0 Å². The van der Waals surface area contributed by atoms with E-state index in [1.165, 1.54) is 32.1 Å². The monoisotopic (exact) mass is 158 g/mol. The number of hydrogen-bond donors (Lipinski definition) is 1. The highest BCUT2D eigenvalue weighted by Crippen LogP contribution is 2.17. The lowest BCUT2D eigenvalue weighted by molar-refractivity contribution is 0.282. The second-order valence-electron chi connectivity index (χ2n) is 3.24. The van der Waals surface area contributed by atoms with Crippen LogP contribution >= 0.6 is 0 Å². The predicted molar refractivity (Wildman–Crippen MR) is 44.5 cm³/mol. The van der Waals surface area contributed by atoms with E-state index >= 15 is 0 Å². The molecule has 0 radical (unpaired) electrons. The maximum absolute atomic E-state index is 8.50. The van der Waals surface area contributed by atoms with Gasteiger partial charge in [0.15, 0.2) is 0 Å². The number of aliphatic hydroxyl groups excluding tert-OH is 1. The number of aliphatic hydroxyl groups is 1. The van der Waals surface area contributed by atoms with E-state index in [4.69, 9.17) is 9.84 Å². The largest absolute Gasteiger partial charge is 0.396 e. The van der Waals surface area contributed by atoms with Crippen LogP contribution in [0.1, 0.15) is 38.5 Å². The van der Waals surface area contributed by atoms with Gasteiger partial charge in [-0.3, -0.25) is 0 Å². The van der Waals surface area contributed by atoms with Gasteiger partial charge in [-0.25, -0.2) is 0 Å². The highest BCUT2D eigenvalue weighted by molar-refractivity contribution is 4.68. The van der Waals surface area contributed by atoms with E-state index in [1.807, 2.05) is 0 Å². The Labute approximate surface area is 68.6 Å². The van der Waals surface area contributed by atoms with Crippen molar-refractivity contribution in [1.82, 2.24) is 0 Å². The Hall–Kier alpha value is -0.0800. The van der Waals surface area contributed by atoms with Crippen molar-refractivity contribution in [3.63, 3.8) is 0 Å². The molecule has 0 spiro atoms. The molecule has 1 rings (SSSR count). The first-order chi connectivity index (χ1) is 5.43. The van der Waals surface area contributed by atoms with Crippen LogP contribution in [0.5, 0.6) is 0 Å². The molecule has 1 heterocycles. The predicted octanol–water partition coefficient (Wildman–Crippen LogP) is 1.72. The highest BCUT2D eigenvalue weighted by Gasteiger charge is 2.20. The molecule has 0 aromatic rings. The average Bonchev–Trinajstić information content (AvgIpc) is 2.80. The minimum Gasteiger partial charge on any atom is -0.396 e. The van der Waals surface area contributed by atoms with Gasteiger partial charge in [-0.1, -0.05) is 25.7 Å². The summed E-state index contributed by atoms with van der Waals surface area (Å²) in [4.78, 5) is 0. The number of ether oxygens (including phenoxy) is 1. The minimum atomic E-state index is 0.353. The second kappa shape index (κ2) is 5.56. The SMILES string of the molecule is OCCCCCCCC1CO1. The molecule has 0 aliphatic carbocycles. The van der Waals surface area contributed by atoms with Crippen LogP contribution in [0, 0.1) is 0 Å². The maximum atomic E-state index is 8.50. The summed E-state index contributed by atoms with van der Waals surface area (Å²) in [7, 11) is 0. The number of epoxide rings is 1. The third-order valence-electron chi connectivity index (χ3n) is 2.09. The number of unbranched alkanes of at least 4 members (excludes halogenated alkanes) is 4. The Bertz CT molecular complexity index is 89.6. The van der Waals surface area contributed by atoms with E-state index in [0.29, 0.717) is 12.7 Å². The summed E-state index contributed by atoms with van der Waals surface area (Å²) in [6.45, 7) is 1.35. The van der Waals surface area contributed by atoms with Crippen molar-refractivity contribution in [2.75, 3.05) is 13.2 Å². The van der Waals surface area contributed by atoms with Crippen molar-refractivity contribution in [1.29, 1.82) is 0 Å². The molecule has 0 amide bonds. The molecule has 0 aromatic heterocycles. The van der Waals surface area contributed by atoms with Crippen LogP contribution in [0.3, 0.4) is 0 Å². The summed E-state index contributed by atoms with van der Waals surface area (Å²) in [5.74, 6) is 0. The topological polar surface area (TPSA) is 32.8 Å². The van der Waals surface area contributed by atoms with Crippen LogP contribution in [0.15, 0.2) is 0 Å². The molecule has 1 N–H and O–H groups in total. The quantitative estimate of drug-likeness (QED) is 0.452. The van der Waals surface area contributed by atoms with Crippen molar-refractivity contribution in [3.05, 3.63) is 0 Å². The van der Waals surface area contributed by atoms with E-state index in [9.17, 15) is 0 Å². The van der Waals surface area contributed by atoms with Gasteiger partial charge >= 0.3 is 0 Å². The summed E-state index contributed by atoms with van der Waals surface area (Å²) in [5, 5.41) is 8.50. The van der Waals surface area contributed by atoms with Crippen molar-refractivity contribution in [2.45, 2.75) is 44.6 Å². The molecule has 2 nitrogen and oxygen atoms in total. The smallest absolute Gasteiger partial charge is 0.0810 e. The van der Waals surface area contributed by atoms with Gasteiger partial charge in [0.05, 0.1) is 12.7 Å².